The number of hydrogen-bond acceptors (Lipinski definition) is 5. The zero-order valence-electron chi connectivity index (χ0n) is 18.9. The number of nitrogens with two attached hydrogens (primary N) is 1. The molecule has 3 heterocycles. The highest BCUT2D eigenvalue weighted by atomic mass is 16.2. The highest BCUT2D eigenvalue weighted by molar-refractivity contribution is 6.00. The van der Waals surface area contributed by atoms with Crippen molar-refractivity contribution in [3.8, 4) is 11.3 Å². The van der Waals surface area contributed by atoms with Crippen LogP contribution in [0.25, 0.3) is 16.9 Å². The normalized spacial score (nSPS) is 15.7. The number of hydrogen-bond donors (Lipinski definition) is 2. The van der Waals surface area contributed by atoms with Gasteiger partial charge in [0.2, 0.25) is 5.91 Å². The van der Waals surface area contributed by atoms with E-state index in [1.165, 1.54) is 10.7 Å². The van der Waals surface area contributed by atoms with Crippen LogP contribution in [0.1, 0.15) is 33.8 Å². The van der Waals surface area contributed by atoms with Crippen molar-refractivity contribution in [2.45, 2.75) is 12.8 Å². The van der Waals surface area contributed by atoms with Gasteiger partial charge in [0, 0.05) is 24.3 Å². The van der Waals surface area contributed by atoms with Gasteiger partial charge in [-0.15, -0.1) is 0 Å². The predicted molar refractivity (Wildman–Crippen MR) is 131 cm³/mol. The molecule has 176 valence electrons. The number of anilines is 1. The summed E-state index contributed by atoms with van der Waals surface area (Å²) >= 11 is 0. The van der Waals surface area contributed by atoms with Gasteiger partial charge in [0.25, 0.3) is 11.8 Å². The Morgan fingerprint density at radius 2 is 1.71 bits per heavy atom. The molecule has 2 aromatic heterocycles. The van der Waals surface area contributed by atoms with Crippen LogP contribution in [0.15, 0.2) is 73.1 Å². The zero-order chi connectivity index (χ0) is 24.4. The third-order valence-corrected chi connectivity index (χ3v) is 6.14. The van der Waals surface area contributed by atoms with Gasteiger partial charge in [-0.3, -0.25) is 18.8 Å². The van der Waals surface area contributed by atoms with Crippen LogP contribution >= 0.6 is 0 Å². The molecule has 0 radical (unpaired) electrons. The molecule has 1 unspecified atom stereocenters. The lowest BCUT2D eigenvalue weighted by atomic mass is 9.96. The number of amides is 3. The second-order valence-corrected chi connectivity index (χ2v) is 8.49. The molecule has 5 rings (SSSR count). The van der Waals surface area contributed by atoms with E-state index in [0.717, 1.165) is 11.3 Å². The van der Waals surface area contributed by atoms with Gasteiger partial charge < -0.3 is 16.0 Å². The highest BCUT2D eigenvalue weighted by Crippen LogP contribution is 2.25. The molecule has 1 atom stereocenters. The van der Waals surface area contributed by atoms with E-state index in [1.54, 1.807) is 11.0 Å². The molecule has 3 N–H and O–H groups in total. The first kappa shape index (κ1) is 22.3. The zero-order valence-corrected chi connectivity index (χ0v) is 18.9. The average molecular weight is 469 g/mol. The summed E-state index contributed by atoms with van der Waals surface area (Å²) in [6.07, 6.45) is 2.78. The molecule has 4 aromatic rings. The lowest BCUT2D eigenvalue weighted by Crippen LogP contribution is -2.44. The molecular weight excluding hydrogens is 444 g/mol. The Morgan fingerprint density at radius 3 is 2.43 bits per heavy atom. The largest absolute Gasteiger partial charge is 0.364 e. The van der Waals surface area contributed by atoms with E-state index in [2.05, 4.69) is 15.3 Å². The molecule has 9 heteroatoms. The molecule has 3 amide bonds. The van der Waals surface area contributed by atoms with Crippen molar-refractivity contribution >= 4 is 29.1 Å². The number of nitrogens with zero attached hydrogens (tertiary/aromatic N) is 4. The first-order chi connectivity index (χ1) is 17.0. The third-order valence-electron chi connectivity index (χ3n) is 6.14. The molecular formula is C26H24N6O3. The SMILES string of the molecule is NC(=O)c1ncn2c(C(=O)N3CCCC(C(=O)Nc4ccccc4)C3)cc(-c3ccccc3)nc12. The minimum Gasteiger partial charge on any atom is -0.364 e. The minimum atomic E-state index is -0.723. The Balaban J connectivity index is 1.46. The number of imidazole rings is 1. The second kappa shape index (κ2) is 9.38. The van der Waals surface area contributed by atoms with Crippen LogP contribution in [0.3, 0.4) is 0 Å². The minimum absolute atomic E-state index is 0.00408. The first-order valence-electron chi connectivity index (χ1n) is 11.4. The number of piperidine rings is 1. The van der Waals surface area contributed by atoms with Gasteiger partial charge in [-0.25, -0.2) is 9.97 Å². The molecule has 2 aromatic carbocycles. The van der Waals surface area contributed by atoms with Crippen LogP contribution in [0, 0.1) is 5.92 Å². The van der Waals surface area contributed by atoms with E-state index >= 15 is 0 Å². The lowest BCUT2D eigenvalue weighted by Gasteiger charge is -2.32. The van der Waals surface area contributed by atoms with Crippen molar-refractivity contribution in [2.24, 2.45) is 11.7 Å². The fourth-order valence-corrected chi connectivity index (χ4v) is 4.37. The monoisotopic (exact) mass is 468 g/mol. The van der Waals surface area contributed by atoms with Crippen LogP contribution in [0.2, 0.25) is 0 Å². The molecule has 0 aliphatic carbocycles. The van der Waals surface area contributed by atoms with Crippen molar-refractivity contribution in [1.82, 2.24) is 19.3 Å². The molecule has 0 saturated carbocycles. The molecule has 35 heavy (non-hydrogen) atoms. The van der Waals surface area contributed by atoms with E-state index in [-0.39, 0.29) is 29.1 Å². The Hall–Kier alpha value is -4.53. The smallest absolute Gasteiger partial charge is 0.271 e. The van der Waals surface area contributed by atoms with Crippen LogP contribution in [0.4, 0.5) is 5.69 Å². The van der Waals surface area contributed by atoms with E-state index < -0.39 is 5.91 Å². The summed E-state index contributed by atoms with van der Waals surface area (Å²) in [6, 6.07) is 20.3. The topological polar surface area (TPSA) is 123 Å². The molecule has 1 aliphatic rings. The number of nitrogens with one attached hydrogen (secondary N) is 1. The second-order valence-electron chi connectivity index (χ2n) is 8.49. The van der Waals surface area contributed by atoms with Gasteiger partial charge in [-0.1, -0.05) is 48.5 Å². The maximum Gasteiger partial charge on any atom is 0.271 e. The van der Waals surface area contributed by atoms with Gasteiger partial charge in [0.1, 0.15) is 12.0 Å². The van der Waals surface area contributed by atoms with Crippen LogP contribution < -0.4 is 11.1 Å². The van der Waals surface area contributed by atoms with Crippen molar-refractivity contribution in [3.05, 3.63) is 84.4 Å². The summed E-state index contributed by atoms with van der Waals surface area (Å²) in [5.41, 5.74) is 8.06. The van der Waals surface area contributed by atoms with E-state index in [9.17, 15) is 14.4 Å². The van der Waals surface area contributed by atoms with E-state index in [0.29, 0.717) is 37.3 Å². The summed E-state index contributed by atoms with van der Waals surface area (Å²) in [7, 11) is 0. The fraction of sp³-hybridized carbons (Fsp3) is 0.192. The van der Waals surface area contributed by atoms with Gasteiger partial charge in [-0.2, -0.15) is 0 Å². The molecule has 9 nitrogen and oxygen atoms in total. The maximum absolute atomic E-state index is 13.7. The fourth-order valence-electron chi connectivity index (χ4n) is 4.37. The van der Waals surface area contributed by atoms with Crippen molar-refractivity contribution in [3.63, 3.8) is 0 Å². The van der Waals surface area contributed by atoms with E-state index in [4.69, 9.17) is 5.73 Å². The summed E-state index contributed by atoms with van der Waals surface area (Å²) in [5.74, 6) is -1.43. The molecule has 0 bridgehead atoms. The van der Waals surface area contributed by atoms with Gasteiger partial charge in [0.15, 0.2) is 11.3 Å². The summed E-state index contributed by atoms with van der Waals surface area (Å²) in [4.78, 5) is 48.9. The average Bonchev–Trinajstić information content (AvgIpc) is 3.33. The number of benzene rings is 2. The van der Waals surface area contributed by atoms with Crippen molar-refractivity contribution in [2.75, 3.05) is 18.4 Å². The Morgan fingerprint density at radius 1 is 1.00 bits per heavy atom. The number of fused-ring (bicyclic) bond motifs is 1. The van der Waals surface area contributed by atoms with Crippen LogP contribution in [-0.2, 0) is 4.79 Å². The highest BCUT2D eigenvalue weighted by Gasteiger charge is 2.31. The molecule has 1 aliphatic heterocycles. The molecule has 1 saturated heterocycles. The first-order valence-corrected chi connectivity index (χ1v) is 11.4. The third kappa shape index (κ3) is 4.48. The van der Waals surface area contributed by atoms with Crippen LogP contribution in [-0.4, -0.2) is 50.1 Å². The number of aromatic nitrogens is 3. The van der Waals surface area contributed by atoms with Crippen molar-refractivity contribution < 1.29 is 14.4 Å². The van der Waals surface area contributed by atoms with Gasteiger partial charge >= 0.3 is 0 Å². The number of para-hydroxylation sites is 1. The molecule has 0 spiro atoms. The van der Waals surface area contributed by atoms with Crippen molar-refractivity contribution in [1.29, 1.82) is 0 Å². The van der Waals surface area contributed by atoms with Gasteiger partial charge in [0.05, 0.1) is 11.6 Å². The number of carbonyl (C=O) groups is 3. The Bertz CT molecular complexity index is 1400. The maximum atomic E-state index is 13.7. The number of carbonyl (C=O) groups excluding carboxylic acids is 3. The number of likely N-dealkylation sites (tertiary alicyclic amines) is 1. The van der Waals surface area contributed by atoms with Gasteiger partial charge in [-0.05, 0) is 31.0 Å². The Kier molecular flexibility index (Phi) is 5.97. The number of rotatable bonds is 5. The summed E-state index contributed by atoms with van der Waals surface area (Å²) < 4.78 is 1.49. The standard InChI is InChI=1S/C26H24N6O3/c27-23(33)22-24-30-20(17-8-3-1-4-9-17)14-21(32(24)16-28-22)26(35)31-13-7-10-18(15-31)25(34)29-19-11-5-2-6-12-19/h1-6,8-9,11-12,14,16,18H,7,10,13,15H2,(H2,27,33)(H,29,34). The summed E-state index contributed by atoms with van der Waals surface area (Å²) in [5, 5.41) is 2.93. The van der Waals surface area contributed by atoms with Crippen LogP contribution in [0.5, 0.6) is 0 Å². The summed E-state index contributed by atoms with van der Waals surface area (Å²) in [6.45, 7) is 0.815. The van der Waals surface area contributed by atoms with E-state index in [1.807, 2.05) is 60.7 Å². The number of primary amides is 1. The lowest BCUT2D eigenvalue weighted by molar-refractivity contribution is -0.121. The Labute approximate surface area is 201 Å². The molecule has 1 fully saturated rings. The predicted octanol–water partition coefficient (Wildman–Crippen LogP) is 2.99. The quantitative estimate of drug-likeness (QED) is 0.466.